The van der Waals surface area contributed by atoms with Gasteiger partial charge < -0.3 is 14.4 Å². The van der Waals surface area contributed by atoms with Crippen LogP contribution in [0.1, 0.15) is 6.42 Å². The van der Waals surface area contributed by atoms with Crippen LogP contribution in [0.3, 0.4) is 0 Å². The predicted octanol–water partition coefficient (Wildman–Crippen LogP) is 2.54. The van der Waals surface area contributed by atoms with Gasteiger partial charge in [0.15, 0.2) is 0 Å². The van der Waals surface area contributed by atoms with E-state index in [1.165, 1.54) is 6.08 Å². The molecule has 1 aliphatic rings. The number of nitrogens with zero attached hydrogens (tertiary/aromatic N) is 1. The summed E-state index contributed by atoms with van der Waals surface area (Å²) in [7, 11) is 1.54. The van der Waals surface area contributed by atoms with E-state index < -0.39 is 5.92 Å². The molecule has 5 nitrogen and oxygen atoms in total. The Hall–Kier alpha value is -1.82. The fraction of sp³-hybridized carbons (Fsp3) is 0.333. The van der Waals surface area contributed by atoms with Crippen LogP contribution >= 0.6 is 15.9 Å². The smallest absolute Gasteiger partial charge is 0.311 e. The molecule has 0 spiro atoms. The summed E-state index contributed by atoms with van der Waals surface area (Å²) in [5.41, 5.74) is 0.657. The number of rotatable bonds is 5. The van der Waals surface area contributed by atoms with Gasteiger partial charge in [-0.05, 0) is 18.2 Å². The number of hydrogen-bond acceptors (Lipinski definition) is 4. The van der Waals surface area contributed by atoms with Crippen molar-refractivity contribution in [3.63, 3.8) is 0 Å². The number of ether oxygens (including phenoxy) is 2. The molecule has 0 radical (unpaired) electrons. The van der Waals surface area contributed by atoms with Crippen LogP contribution in [0.2, 0.25) is 0 Å². The zero-order valence-corrected chi connectivity index (χ0v) is 13.3. The fourth-order valence-corrected chi connectivity index (χ4v) is 2.57. The van der Waals surface area contributed by atoms with Crippen molar-refractivity contribution in [2.45, 2.75) is 6.42 Å². The maximum Gasteiger partial charge on any atom is 0.311 e. The summed E-state index contributed by atoms with van der Waals surface area (Å²) in [5.74, 6) is -0.360. The molecular formula is C15H16BrNO4. The lowest BCUT2D eigenvalue weighted by Crippen LogP contribution is -2.26. The number of hydrogen-bond donors (Lipinski definition) is 0. The molecule has 1 heterocycles. The average Bonchev–Trinajstić information content (AvgIpc) is 2.86. The van der Waals surface area contributed by atoms with E-state index in [4.69, 9.17) is 9.47 Å². The van der Waals surface area contributed by atoms with Gasteiger partial charge in [-0.1, -0.05) is 28.6 Å². The maximum absolute atomic E-state index is 12.1. The molecule has 1 atom stereocenters. The summed E-state index contributed by atoms with van der Waals surface area (Å²) in [6.07, 6.45) is 1.65. The third-order valence-electron chi connectivity index (χ3n) is 3.23. The molecule has 0 unspecified atom stereocenters. The molecule has 112 valence electrons. The van der Waals surface area contributed by atoms with Gasteiger partial charge in [0.2, 0.25) is 5.91 Å². The van der Waals surface area contributed by atoms with Gasteiger partial charge in [-0.25, -0.2) is 0 Å². The highest BCUT2D eigenvalue weighted by Crippen LogP contribution is 2.35. The van der Waals surface area contributed by atoms with Crippen LogP contribution in [0.4, 0.5) is 5.69 Å². The number of carbonyl (C=O) groups excluding carboxylic acids is 2. The maximum atomic E-state index is 12.1. The van der Waals surface area contributed by atoms with Gasteiger partial charge >= 0.3 is 5.97 Å². The highest BCUT2D eigenvalue weighted by Gasteiger charge is 2.37. The lowest BCUT2D eigenvalue weighted by Gasteiger charge is -2.19. The second-order valence-electron chi connectivity index (χ2n) is 4.64. The van der Waals surface area contributed by atoms with Gasteiger partial charge in [-0.2, -0.15) is 0 Å². The minimum Gasteiger partial charge on any atom is -0.495 e. The molecule has 1 amide bonds. The van der Waals surface area contributed by atoms with E-state index in [-0.39, 0.29) is 24.9 Å². The first kappa shape index (κ1) is 15.6. The summed E-state index contributed by atoms with van der Waals surface area (Å²) in [6.45, 7) is 3.95. The number of carbonyl (C=O) groups is 2. The van der Waals surface area contributed by atoms with E-state index in [2.05, 4.69) is 22.5 Å². The molecule has 0 N–H and O–H groups in total. The van der Waals surface area contributed by atoms with Gasteiger partial charge in [-0.15, -0.1) is 0 Å². The fourth-order valence-electron chi connectivity index (χ4n) is 2.23. The molecule has 1 saturated heterocycles. The van der Waals surface area contributed by atoms with Gasteiger partial charge in [0.25, 0.3) is 0 Å². The molecule has 0 saturated carbocycles. The average molecular weight is 354 g/mol. The van der Waals surface area contributed by atoms with E-state index in [1.54, 1.807) is 24.1 Å². The quantitative estimate of drug-likeness (QED) is 0.602. The number of benzene rings is 1. The molecule has 0 aromatic heterocycles. The Morgan fingerprint density at radius 3 is 3.00 bits per heavy atom. The molecular weight excluding hydrogens is 338 g/mol. The van der Waals surface area contributed by atoms with Crippen LogP contribution in [0.15, 0.2) is 35.3 Å². The zero-order chi connectivity index (χ0) is 15.4. The van der Waals surface area contributed by atoms with Crippen LogP contribution in [-0.4, -0.2) is 32.1 Å². The van der Waals surface area contributed by atoms with Gasteiger partial charge in [0.05, 0.1) is 18.7 Å². The topological polar surface area (TPSA) is 55.8 Å². The summed E-state index contributed by atoms with van der Waals surface area (Å²) in [4.78, 5) is 25.6. The lowest BCUT2D eigenvalue weighted by atomic mass is 10.1. The highest BCUT2D eigenvalue weighted by atomic mass is 79.9. The molecule has 6 heteroatoms. The molecule has 1 aliphatic heterocycles. The Morgan fingerprint density at radius 2 is 2.33 bits per heavy atom. The minimum absolute atomic E-state index is 0.115. The van der Waals surface area contributed by atoms with E-state index in [0.717, 1.165) is 4.47 Å². The molecule has 21 heavy (non-hydrogen) atoms. The second kappa shape index (κ2) is 6.76. The van der Waals surface area contributed by atoms with Crippen molar-refractivity contribution < 1.29 is 19.1 Å². The SMILES string of the molecule is C=CCOC(=O)[C@H]1CC(=O)N(c2ccc(Br)cc2OC)C1. The molecule has 1 fully saturated rings. The first-order valence-electron chi connectivity index (χ1n) is 6.48. The first-order valence-corrected chi connectivity index (χ1v) is 7.27. The Balaban J connectivity index is 2.17. The van der Waals surface area contributed by atoms with E-state index >= 15 is 0 Å². The Morgan fingerprint density at radius 1 is 1.57 bits per heavy atom. The van der Waals surface area contributed by atoms with Crippen LogP contribution in [0.25, 0.3) is 0 Å². The van der Waals surface area contributed by atoms with Gasteiger partial charge in [0, 0.05) is 17.4 Å². The highest BCUT2D eigenvalue weighted by molar-refractivity contribution is 9.10. The third-order valence-corrected chi connectivity index (χ3v) is 3.73. The number of methoxy groups -OCH3 is 1. The second-order valence-corrected chi connectivity index (χ2v) is 5.56. The van der Waals surface area contributed by atoms with Crippen LogP contribution in [-0.2, 0) is 14.3 Å². The zero-order valence-electron chi connectivity index (χ0n) is 11.7. The summed E-state index contributed by atoms with van der Waals surface area (Å²) >= 11 is 3.36. The van der Waals surface area contributed by atoms with E-state index in [1.807, 2.05) is 6.07 Å². The summed E-state index contributed by atoms with van der Waals surface area (Å²) in [5, 5.41) is 0. The van der Waals surface area contributed by atoms with Gasteiger partial charge in [0.1, 0.15) is 12.4 Å². The van der Waals surface area contributed by atoms with Gasteiger partial charge in [-0.3, -0.25) is 9.59 Å². The van der Waals surface area contributed by atoms with Crippen molar-refractivity contribution in [3.8, 4) is 5.75 Å². The third kappa shape index (κ3) is 3.44. The van der Waals surface area contributed by atoms with Crippen LogP contribution in [0.5, 0.6) is 5.75 Å². The molecule has 0 aliphatic carbocycles. The number of halogens is 1. The van der Waals surface area contributed by atoms with E-state index in [9.17, 15) is 9.59 Å². The summed E-state index contributed by atoms with van der Waals surface area (Å²) < 4.78 is 11.2. The normalized spacial score (nSPS) is 17.7. The van der Waals surface area contributed by atoms with Crippen LogP contribution < -0.4 is 9.64 Å². The number of amides is 1. The minimum atomic E-state index is -0.453. The Labute approximate surface area is 131 Å². The van der Waals surface area contributed by atoms with Crippen molar-refractivity contribution in [2.24, 2.45) is 5.92 Å². The Bertz CT molecular complexity index is 573. The Kier molecular flexibility index (Phi) is 5.01. The molecule has 2 rings (SSSR count). The van der Waals surface area contributed by atoms with E-state index in [0.29, 0.717) is 18.0 Å². The first-order chi connectivity index (χ1) is 10.1. The van der Waals surface area contributed by atoms with Crippen molar-refractivity contribution in [1.29, 1.82) is 0 Å². The number of esters is 1. The molecule has 1 aromatic rings. The standard InChI is InChI=1S/C15H16BrNO4/c1-3-6-21-15(19)10-7-14(18)17(9-10)12-5-4-11(16)8-13(12)20-2/h3-5,8,10H,1,6-7,9H2,2H3/t10-/m0/s1. The lowest BCUT2D eigenvalue weighted by molar-refractivity contribution is -0.147. The van der Waals surface area contributed by atoms with Crippen molar-refractivity contribution >= 4 is 33.5 Å². The molecule has 0 bridgehead atoms. The van der Waals surface area contributed by atoms with Crippen LogP contribution in [0, 0.1) is 5.92 Å². The van der Waals surface area contributed by atoms with Crippen molar-refractivity contribution in [2.75, 3.05) is 25.2 Å². The number of anilines is 1. The predicted molar refractivity (Wildman–Crippen MR) is 82.3 cm³/mol. The largest absolute Gasteiger partial charge is 0.495 e. The van der Waals surface area contributed by atoms with Crippen molar-refractivity contribution in [1.82, 2.24) is 0 Å². The monoisotopic (exact) mass is 353 g/mol. The molecule has 1 aromatic carbocycles. The summed E-state index contributed by atoms with van der Waals surface area (Å²) in [6, 6.07) is 5.40. The van der Waals surface area contributed by atoms with Crippen molar-refractivity contribution in [3.05, 3.63) is 35.3 Å².